The summed E-state index contributed by atoms with van der Waals surface area (Å²) in [6, 6.07) is 11.3. The SMILES string of the molecule is CCOC(=O)C1=N[NH+](c2cccc([N+](=O)[O-])c2)N(c2cccc([N+](=O)[O-])c2)N1.[Br-]. The molecule has 0 aliphatic carbocycles. The largest absolute Gasteiger partial charge is 1.00 e. The van der Waals surface area contributed by atoms with Crippen molar-refractivity contribution in [2.24, 2.45) is 5.10 Å². The van der Waals surface area contributed by atoms with Gasteiger partial charge in [0.05, 0.1) is 22.5 Å². The van der Waals surface area contributed by atoms with Crippen molar-refractivity contribution in [1.82, 2.24) is 5.43 Å². The van der Waals surface area contributed by atoms with E-state index >= 15 is 0 Å². The van der Waals surface area contributed by atoms with Crippen LogP contribution in [-0.4, -0.2) is 28.3 Å². The van der Waals surface area contributed by atoms with Gasteiger partial charge in [-0.3, -0.25) is 20.2 Å². The number of anilines is 1. The molecule has 1 atom stereocenters. The molecule has 1 heterocycles. The Kier molecular flexibility index (Phi) is 6.80. The Labute approximate surface area is 174 Å². The van der Waals surface area contributed by atoms with Gasteiger partial charge in [0.1, 0.15) is 5.69 Å². The normalized spacial score (nSPS) is 15.0. The summed E-state index contributed by atoms with van der Waals surface area (Å²) in [7, 11) is 0. The van der Waals surface area contributed by atoms with E-state index in [1.54, 1.807) is 19.1 Å². The van der Waals surface area contributed by atoms with Crippen LogP contribution in [0.15, 0.2) is 53.6 Å². The van der Waals surface area contributed by atoms with Gasteiger partial charge in [-0.2, -0.15) is 0 Å². The molecule has 2 aromatic carbocycles. The lowest BCUT2D eigenvalue weighted by Crippen LogP contribution is -3.10. The van der Waals surface area contributed by atoms with Crippen LogP contribution < -0.4 is 32.6 Å². The van der Waals surface area contributed by atoms with Crippen LogP contribution in [0.2, 0.25) is 0 Å². The number of carbonyl (C=O) groups excluding carboxylic acids is 1. The number of non-ortho nitro benzene ring substituents is 2. The molecule has 1 unspecified atom stereocenters. The monoisotopic (exact) mass is 466 g/mol. The van der Waals surface area contributed by atoms with Crippen molar-refractivity contribution in [2.45, 2.75) is 6.92 Å². The minimum absolute atomic E-state index is 0. The summed E-state index contributed by atoms with van der Waals surface area (Å²) in [4.78, 5) is 33.1. The number of amidine groups is 1. The van der Waals surface area contributed by atoms with E-state index < -0.39 is 15.8 Å². The van der Waals surface area contributed by atoms with Gasteiger partial charge in [-0.15, -0.1) is 0 Å². The first-order valence-corrected chi connectivity index (χ1v) is 8.09. The third kappa shape index (κ3) is 4.64. The zero-order chi connectivity index (χ0) is 20.3. The quantitative estimate of drug-likeness (QED) is 0.278. The fraction of sp³-hybridized carbons (Fsp3) is 0.125. The summed E-state index contributed by atoms with van der Waals surface area (Å²) in [5.74, 6) is -0.867. The Morgan fingerprint density at radius 3 is 2.38 bits per heavy atom. The van der Waals surface area contributed by atoms with Crippen LogP contribution in [0.1, 0.15) is 6.92 Å². The number of nitrogens with zero attached hydrogens (tertiary/aromatic N) is 4. The maximum atomic E-state index is 12.1. The molecule has 0 bridgehead atoms. The molecule has 1 aliphatic rings. The zero-order valence-corrected chi connectivity index (χ0v) is 16.5. The fourth-order valence-corrected chi connectivity index (χ4v) is 2.52. The van der Waals surface area contributed by atoms with Gasteiger partial charge < -0.3 is 21.7 Å². The van der Waals surface area contributed by atoms with E-state index in [2.05, 4.69) is 10.5 Å². The van der Waals surface area contributed by atoms with Gasteiger partial charge >= 0.3 is 5.97 Å². The first-order chi connectivity index (χ1) is 13.4. The lowest BCUT2D eigenvalue weighted by Gasteiger charge is -2.21. The van der Waals surface area contributed by atoms with Crippen molar-refractivity contribution >= 4 is 34.6 Å². The molecule has 3 rings (SSSR count). The number of nitro groups is 2. The predicted octanol–water partition coefficient (Wildman–Crippen LogP) is -2.16. The number of quaternary nitrogens is 1. The Bertz CT molecular complexity index is 984. The van der Waals surface area contributed by atoms with Gasteiger partial charge in [-0.05, 0) is 24.2 Å². The first-order valence-electron chi connectivity index (χ1n) is 8.09. The maximum Gasteiger partial charge on any atom is 0.381 e. The molecule has 1 aliphatic heterocycles. The second-order valence-corrected chi connectivity index (χ2v) is 5.54. The van der Waals surface area contributed by atoms with E-state index in [-0.39, 0.29) is 45.9 Å². The van der Waals surface area contributed by atoms with Crippen molar-refractivity contribution in [1.29, 1.82) is 0 Å². The summed E-state index contributed by atoms with van der Waals surface area (Å²) >= 11 is 0. The summed E-state index contributed by atoms with van der Waals surface area (Å²) in [5.41, 5.74) is 3.07. The molecule has 12 nitrogen and oxygen atoms in total. The number of halogens is 1. The highest BCUT2D eigenvalue weighted by molar-refractivity contribution is 6.35. The summed E-state index contributed by atoms with van der Waals surface area (Å²) < 4.78 is 4.93. The molecule has 13 heteroatoms. The van der Waals surface area contributed by atoms with E-state index in [1.807, 2.05) is 0 Å². The second-order valence-electron chi connectivity index (χ2n) is 5.54. The van der Waals surface area contributed by atoms with E-state index in [0.717, 1.165) is 0 Å². The van der Waals surface area contributed by atoms with E-state index in [0.29, 0.717) is 11.4 Å². The standard InChI is InChI=1S/C16H14N6O6.BrH/c1-2-28-16(23)15-17-19(11-5-3-7-13(9-11)21(24)25)20(18-15)12-6-4-8-14(10-12)22(26)27;/h3-10H,2H2,1H3,(H,17,18);1H. The lowest BCUT2D eigenvalue weighted by atomic mass is 10.2. The number of carbonyl (C=O) groups is 1. The smallest absolute Gasteiger partial charge is 0.381 e. The van der Waals surface area contributed by atoms with Gasteiger partial charge in [0, 0.05) is 24.3 Å². The fourth-order valence-electron chi connectivity index (χ4n) is 2.52. The van der Waals surface area contributed by atoms with Crippen LogP contribution in [0.25, 0.3) is 0 Å². The van der Waals surface area contributed by atoms with Gasteiger partial charge in [0.15, 0.2) is 5.69 Å². The summed E-state index contributed by atoms with van der Waals surface area (Å²) in [6.45, 7) is 1.76. The zero-order valence-electron chi connectivity index (χ0n) is 14.9. The molecule has 2 aromatic rings. The molecular weight excluding hydrogens is 452 g/mol. The van der Waals surface area contributed by atoms with Crippen LogP contribution in [0, 0.1) is 20.2 Å². The van der Waals surface area contributed by atoms with Crippen molar-refractivity contribution in [3.05, 3.63) is 68.8 Å². The number of ether oxygens (including phenoxy) is 1. The molecular formula is C16H15BrN6O6. The minimum atomic E-state index is -0.724. The van der Waals surface area contributed by atoms with Gasteiger partial charge in [0.25, 0.3) is 17.2 Å². The van der Waals surface area contributed by atoms with Crippen LogP contribution >= 0.6 is 0 Å². The molecule has 0 saturated carbocycles. The number of nitro benzene ring substituents is 2. The van der Waals surface area contributed by atoms with E-state index in [9.17, 15) is 25.0 Å². The summed E-state index contributed by atoms with van der Waals surface area (Å²) in [6.07, 6.45) is 0. The number of hydrogen-bond acceptors (Lipinski definition) is 9. The number of esters is 1. The molecule has 0 fully saturated rings. The lowest BCUT2D eigenvalue weighted by molar-refractivity contribution is -0.846. The minimum Gasteiger partial charge on any atom is -1.00 e. The number of benzene rings is 2. The molecule has 2 N–H and O–H groups in total. The molecule has 0 amide bonds. The highest BCUT2D eigenvalue weighted by atomic mass is 79.9. The number of hydrazine groups is 1. The molecule has 152 valence electrons. The van der Waals surface area contributed by atoms with Crippen molar-refractivity contribution in [3.8, 4) is 0 Å². The highest BCUT2D eigenvalue weighted by Crippen LogP contribution is 2.21. The summed E-state index contributed by atoms with van der Waals surface area (Å²) in [5, 5.41) is 27.8. The van der Waals surface area contributed by atoms with E-state index in [1.165, 1.54) is 41.5 Å². The first kappa shape index (κ1) is 21.7. The molecule has 0 aromatic heterocycles. The Hall–Kier alpha value is -3.58. The van der Waals surface area contributed by atoms with E-state index in [4.69, 9.17) is 4.74 Å². The topological polar surface area (TPSA) is 145 Å². The Balaban J connectivity index is 0.00000300. The van der Waals surface area contributed by atoms with Crippen LogP contribution in [0.5, 0.6) is 0 Å². The average Bonchev–Trinajstić information content (AvgIpc) is 3.14. The Morgan fingerprint density at radius 2 is 1.76 bits per heavy atom. The van der Waals surface area contributed by atoms with Crippen LogP contribution in [0.3, 0.4) is 0 Å². The van der Waals surface area contributed by atoms with Crippen molar-refractivity contribution < 1.29 is 41.5 Å². The highest BCUT2D eigenvalue weighted by Gasteiger charge is 2.36. The average molecular weight is 467 g/mol. The Morgan fingerprint density at radius 1 is 1.14 bits per heavy atom. The van der Waals surface area contributed by atoms with Gasteiger partial charge in [0.2, 0.25) is 0 Å². The second kappa shape index (κ2) is 9.07. The van der Waals surface area contributed by atoms with Gasteiger partial charge in [-0.1, -0.05) is 16.3 Å². The molecule has 0 radical (unpaired) electrons. The van der Waals surface area contributed by atoms with Crippen LogP contribution in [0.4, 0.5) is 22.7 Å². The molecule has 0 spiro atoms. The third-order valence-corrected chi connectivity index (χ3v) is 3.73. The van der Waals surface area contributed by atoms with Crippen molar-refractivity contribution in [3.63, 3.8) is 0 Å². The maximum absolute atomic E-state index is 12.1. The predicted molar refractivity (Wildman–Crippen MR) is 96.5 cm³/mol. The molecule has 29 heavy (non-hydrogen) atoms. The third-order valence-electron chi connectivity index (χ3n) is 3.73. The van der Waals surface area contributed by atoms with Crippen molar-refractivity contribution in [2.75, 3.05) is 11.7 Å². The van der Waals surface area contributed by atoms with Crippen LogP contribution in [-0.2, 0) is 9.53 Å². The molecule has 0 saturated heterocycles. The number of nitrogens with one attached hydrogen (secondary N) is 2. The number of rotatable bonds is 6. The van der Waals surface area contributed by atoms with Gasteiger partial charge in [-0.25, -0.2) is 10.2 Å². The number of hydrogen-bond donors (Lipinski definition) is 2.